The van der Waals surface area contributed by atoms with Crippen LogP contribution in [0.15, 0.2) is 30.0 Å². The molecule has 6 heteroatoms. The van der Waals surface area contributed by atoms with Gasteiger partial charge < -0.3 is 14.4 Å². The molecule has 0 spiro atoms. The molecule has 6 nitrogen and oxygen atoms in total. The minimum Gasteiger partial charge on any atom is -0.494 e. The number of amides is 2. The van der Waals surface area contributed by atoms with Crippen LogP contribution in [0.4, 0.5) is 0 Å². The minimum atomic E-state index is -0.146. The molecule has 0 aromatic heterocycles. The van der Waals surface area contributed by atoms with Gasteiger partial charge in [-0.1, -0.05) is 37.8 Å². The molecule has 2 fully saturated rings. The fourth-order valence-electron chi connectivity index (χ4n) is 4.61. The number of ether oxygens (including phenoxy) is 2. The molecule has 4 rings (SSSR count). The molecule has 1 saturated heterocycles. The number of hydrogen-bond donors (Lipinski definition) is 0. The van der Waals surface area contributed by atoms with Crippen molar-refractivity contribution in [3.63, 3.8) is 0 Å². The molecule has 0 bridgehead atoms. The van der Waals surface area contributed by atoms with Gasteiger partial charge in [-0.25, -0.2) is 0 Å². The van der Waals surface area contributed by atoms with E-state index in [0.717, 1.165) is 37.0 Å². The lowest BCUT2D eigenvalue weighted by molar-refractivity contribution is -0.140. The van der Waals surface area contributed by atoms with Gasteiger partial charge in [-0.15, -0.1) is 0 Å². The largest absolute Gasteiger partial charge is 0.494 e. The highest BCUT2D eigenvalue weighted by Gasteiger charge is 2.44. The Morgan fingerprint density at radius 1 is 0.966 bits per heavy atom. The molecule has 0 radical (unpaired) electrons. The number of nitrogens with zero attached hydrogens (tertiary/aromatic N) is 2. The molecule has 156 valence electrons. The van der Waals surface area contributed by atoms with Crippen molar-refractivity contribution >= 4 is 17.4 Å². The highest BCUT2D eigenvalue weighted by molar-refractivity contribution is 6.35. The van der Waals surface area contributed by atoms with Crippen LogP contribution in [-0.4, -0.2) is 60.6 Å². The maximum atomic E-state index is 13.5. The Morgan fingerprint density at radius 2 is 1.62 bits per heavy atom. The van der Waals surface area contributed by atoms with Gasteiger partial charge in [-0.2, -0.15) is 0 Å². The van der Waals surface area contributed by atoms with Crippen molar-refractivity contribution in [2.75, 3.05) is 32.9 Å². The van der Waals surface area contributed by atoms with Crippen molar-refractivity contribution in [3.05, 3.63) is 35.5 Å². The zero-order valence-electron chi connectivity index (χ0n) is 17.2. The van der Waals surface area contributed by atoms with Gasteiger partial charge in [0.2, 0.25) is 0 Å². The van der Waals surface area contributed by atoms with E-state index in [4.69, 9.17) is 9.47 Å². The predicted octanol–water partition coefficient (Wildman–Crippen LogP) is 3.22. The van der Waals surface area contributed by atoms with Gasteiger partial charge in [0.05, 0.1) is 25.4 Å². The number of carbonyl (C=O) groups is 2. The van der Waals surface area contributed by atoms with E-state index >= 15 is 0 Å². The molecule has 29 heavy (non-hydrogen) atoms. The normalized spacial score (nSPS) is 21.7. The summed E-state index contributed by atoms with van der Waals surface area (Å²) in [6, 6.07) is 7.53. The second-order valence-corrected chi connectivity index (χ2v) is 7.91. The molecule has 2 aliphatic heterocycles. The Morgan fingerprint density at radius 3 is 2.24 bits per heavy atom. The first-order chi connectivity index (χ1) is 14.2. The molecule has 1 aromatic rings. The van der Waals surface area contributed by atoms with Gasteiger partial charge in [-0.05, 0) is 37.5 Å². The van der Waals surface area contributed by atoms with Crippen LogP contribution in [-0.2, 0) is 14.3 Å². The van der Waals surface area contributed by atoms with E-state index in [-0.39, 0.29) is 17.9 Å². The van der Waals surface area contributed by atoms with Gasteiger partial charge >= 0.3 is 0 Å². The van der Waals surface area contributed by atoms with Crippen LogP contribution in [0.3, 0.4) is 0 Å². The standard InChI is InChI=1S/C23H30N2O4/c1-2-29-19-11-9-17(10-12-19)20-21(24-13-15-28-16-14-24)23(27)25(22(20)26)18-7-5-3-4-6-8-18/h9-12,18H,2-8,13-16H2,1H3. The van der Waals surface area contributed by atoms with Crippen molar-refractivity contribution in [1.29, 1.82) is 0 Å². The van der Waals surface area contributed by atoms with E-state index in [1.807, 2.05) is 36.1 Å². The van der Waals surface area contributed by atoms with E-state index in [2.05, 4.69) is 0 Å². The van der Waals surface area contributed by atoms with Crippen molar-refractivity contribution < 1.29 is 19.1 Å². The van der Waals surface area contributed by atoms with E-state index in [9.17, 15) is 9.59 Å². The molecular weight excluding hydrogens is 368 g/mol. The lowest BCUT2D eigenvalue weighted by Crippen LogP contribution is -2.44. The first-order valence-electron chi connectivity index (χ1n) is 10.9. The maximum absolute atomic E-state index is 13.5. The van der Waals surface area contributed by atoms with Crippen LogP contribution in [0.5, 0.6) is 5.75 Å². The number of carbonyl (C=O) groups excluding carboxylic acids is 2. The monoisotopic (exact) mass is 398 g/mol. The summed E-state index contributed by atoms with van der Waals surface area (Å²) in [5, 5.41) is 0. The van der Waals surface area contributed by atoms with E-state index < -0.39 is 0 Å². The van der Waals surface area contributed by atoms with Crippen molar-refractivity contribution in [2.45, 2.75) is 51.5 Å². The van der Waals surface area contributed by atoms with Gasteiger partial charge in [0.25, 0.3) is 11.8 Å². The third kappa shape index (κ3) is 4.04. The summed E-state index contributed by atoms with van der Waals surface area (Å²) in [4.78, 5) is 30.7. The van der Waals surface area contributed by atoms with E-state index in [1.54, 1.807) is 4.90 Å². The Labute approximate surface area is 172 Å². The van der Waals surface area contributed by atoms with Crippen LogP contribution >= 0.6 is 0 Å². The van der Waals surface area contributed by atoms with Crippen molar-refractivity contribution in [2.24, 2.45) is 0 Å². The van der Waals surface area contributed by atoms with E-state index in [1.165, 1.54) is 12.8 Å². The topological polar surface area (TPSA) is 59.1 Å². The molecule has 0 atom stereocenters. The van der Waals surface area contributed by atoms with Gasteiger partial charge in [0.1, 0.15) is 11.4 Å². The van der Waals surface area contributed by atoms with Gasteiger partial charge in [-0.3, -0.25) is 14.5 Å². The summed E-state index contributed by atoms with van der Waals surface area (Å²) >= 11 is 0. The first-order valence-corrected chi connectivity index (χ1v) is 10.9. The second kappa shape index (κ2) is 8.99. The summed E-state index contributed by atoms with van der Waals surface area (Å²) in [5.74, 6) is 0.488. The Balaban J connectivity index is 1.70. The van der Waals surface area contributed by atoms with Crippen LogP contribution in [0, 0.1) is 0 Å². The average Bonchev–Trinajstić information content (AvgIpc) is 2.91. The molecule has 2 amide bonds. The van der Waals surface area contributed by atoms with Gasteiger partial charge in [0, 0.05) is 19.1 Å². The van der Waals surface area contributed by atoms with Crippen LogP contribution in [0.1, 0.15) is 51.0 Å². The number of benzene rings is 1. The summed E-state index contributed by atoms with van der Waals surface area (Å²) < 4.78 is 11.0. The third-order valence-corrected chi connectivity index (χ3v) is 6.06. The zero-order chi connectivity index (χ0) is 20.2. The maximum Gasteiger partial charge on any atom is 0.278 e. The molecule has 1 aromatic carbocycles. The molecular formula is C23H30N2O4. The summed E-state index contributed by atoms with van der Waals surface area (Å²) in [7, 11) is 0. The lowest BCUT2D eigenvalue weighted by atomic mass is 10.0. The highest BCUT2D eigenvalue weighted by atomic mass is 16.5. The predicted molar refractivity (Wildman–Crippen MR) is 110 cm³/mol. The molecule has 0 unspecified atom stereocenters. The van der Waals surface area contributed by atoms with Crippen LogP contribution < -0.4 is 4.74 Å². The molecule has 3 aliphatic rings. The Bertz CT molecular complexity index is 773. The number of imide groups is 1. The Kier molecular flexibility index (Phi) is 6.19. The van der Waals surface area contributed by atoms with Gasteiger partial charge in [0.15, 0.2) is 0 Å². The molecule has 2 heterocycles. The van der Waals surface area contributed by atoms with Crippen LogP contribution in [0.25, 0.3) is 5.57 Å². The SMILES string of the molecule is CCOc1ccc(C2=C(N3CCOCC3)C(=O)N(C3CCCCCC3)C2=O)cc1. The summed E-state index contributed by atoms with van der Waals surface area (Å²) in [6.07, 6.45) is 6.33. The highest BCUT2D eigenvalue weighted by Crippen LogP contribution is 2.36. The van der Waals surface area contributed by atoms with Crippen molar-refractivity contribution in [1.82, 2.24) is 9.80 Å². The van der Waals surface area contributed by atoms with Crippen LogP contribution in [0.2, 0.25) is 0 Å². The molecule has 0 N–H and O–H groups in total. The summed E-state index contributed by atoms with van der Waals surface area (Å²) in [5.41, 5.74) is 1.86. The fourth-order valence-corrected chi connectivity index (χ4v) is 4.61. The third-order valence-electron chi connectivity index (χ3n) is 6.06. The average molecular weight is 399 g/mol. The fraction of sp³-hybridized carbons (Fsp3) is 0.565. The number of hydrogen-bond acceptors (Lipinski definition) is 5. The molecule has 1 saturated carbocycles. The smallest absolute Gasteiger partial charge is 0.278 e. The summed E-state index contributed by atoms with van der Waals surface area (Å²) in [6.45, 7) is 4.95. The quantitative estimate of drug-likeness (QED) is 0.563. The van der Waals surface area contributed by atoms with E-state index in [0.29, 0.717) is 44.2 Å². The molecule has 1 aliphatic carbocycles. The van der Waals surface area contributed by atoms with Crippen molar-refractivity contribution in [3.8, 4) is 5.75 Å². The zero-order valence-corrected chi connectivity index (χ0v) is 17.2. The number of morpholine rings is 1. The number of rotatable bonds is 5. The first kappa shape index (κ1) is 20.0. The lowest BCUT2D eigenvalue weighted by Gasteiger charge is -2.31. The second-order valence-electron chi connectivity index (χ2n) is 7.91. The minimum absolute atomic E-state index is 0.00809. The Hall–Kier alpha value is -2.34.